The summed E-state index contributed by atoms with van der Waals surface area (Å²) >= 11 is 3.44. The van der Waals surface area contributed by atoms with Gasteiger partial charge in [0.1, 0.15) is 12.4 Å². The van der Waals surface area contributed by atoms with E-state index in [1.807, 2.05) is 18.2 Å². The van der Waals surface area contributed by atoms with Gasteiger partial charge in [0.2, 0.25) is 0 Å². The lowest BCUT2D eigenvalue weighted by molar-refractivity contribution is 0.245. The number of halogens is 1. The third-order valence-corrected chi connectivity index (χ3v) is 2.92. The van der Waals surface area contributed by atoms with Gasteiger partial charge in [0.15, 0.2) is 0 Å². The average Bonchev–Trinajstić information content (AvgIpc) is 2.40. The van der Waals surface area contributed by atoms with Gasteiger partial charge in [0.25, 0.3) is 0 Å². The first-order valence-corrected chi connectivity index (χ1v) is 5.37. The summed E-state index contributed by atoms with van der Waals surface area (Å²) in [7, 11) is 0. The molecule has 1 aliphatic heterocycles. The van der Waals surface area contributed by atoms with Crippen LogP contribution in [0, 0.1) is 0 Å². The molecule has 14 heavy (non-hydrogen) atoms. The van der Waals surface area contributed by atoms with Crippen molar-refractivity contribution < 1.29 is 9.84 Å². The highest BCUT2D eigenvalue weighted by Gasteiger charge is 2.19. The van der Waals surface area contributed by atoms with Gasteiger partial charge in [-0.05, 0) is 22.0 Å². The third-order valence-electron chi connectivity index (χ3n) is 2.29. The summed E-state index contributed by atoms with van der Waals surface area (Å²) in [6.45, 7) is 1.48. The van der Waals surface area contributed by atoms with E-state index in [1.54, 1.807) is 0 Å². The van der Waals surface area contributed by atoms with Crippen molar-refractivity contribution >= 4 is 15.9 Å². The summed E-state index contributed by atoms with van der Waals surface area (Å²) in [6.07, 6.45) is 0. The molecule has 2 N–H and O–H groups in total. The lowest BCUT2D eigenvalue weighted by Crippen LogP contribution is -2.25. The van der Waals surface area contributed by atoms with Crippen molar-refractivity contribution in [2.75, 3.05) is 19.8 Å². The Morgan fingerprint density at radius 2 is 2.43 bits per heavy atom. The van der Waals surface area contributed by atoms with Crippen molar-refractivity contribution in [3.8, 4) is 5.75 Å². The van der Waals surface area contributed by atoms with E-state index in [2.05, 4.69) is 21.2 Å². The normalized spacial score (nSPS) is 20.9. The molecule has 0 bridgehead atoms. The molecule has 2 rings (SSSR count). The van der Waals surface area contributed by atoms with E-state index in [4.69, 9.17) is 4.74 Å². The number of benzene rings is 1. The Labute approximate surface area is 91.2 Å². The van der Waals surface area contributed by atoms with Gasteiger partial charge >= 0.3 is 0 Å². The minimum atomic E-state index is -0.0231. The van der Waals surface area contributed by atoms with Gasteiger partial charge in [-0.25, -0.2) is 0 Å². The van der Waals surface area contributed by atoms with Crippen molar-refractivity contribution in [3.63, 3.8) is 0 Å². The third kappa shape index (κ3) is 1.78. The minimum Gasteiger partial charge on any atom is -0.491 e. The van der Waals surface area contributed by atoms with Crippen LogP contribution in [-0.2, 0) is 0 Å². The zero-order valence-corrected chi connectivity index (χ0v) is 9.25. The van der Waals surface area contributed by atoms with Crippen LogP contribution in [0.5, 0.6) is 5.75 Å². The van der Waals surface area contributed by atoms with E-state index in [-0.39, 0.29) is 12.6 Å². The van der Waals surface area contributed by atoms with Gasteiger partial charge in [-0.2, -0.15) is 0 Å². The summed E-state index contributed by atoms with van der Waals surface area (Å²) < 4.78 is 6.53. The molecule has 0 aliphatic carbocycles. The first-order valence-electron chi connectivity index (χ1n) is 4.58. The number of rotatable bonds is 1. The Kier molecular flexibility index (Phi) is 3.05. The number of para-hydroxylation sites is 1. The Balaban J connectivity index is 2.44. The SMILES string of the molecule is OCC1NCCOc2c(Br)cccc21. The van der Waals surface area contributed by atoms with E-state index in [1.165, 1.54) is 0 Å². The van der Waals surface area contributed by atoms with Crippen molar-refractivity contribution in [1.29, 1.82) is 0 Å². The van der Waals surface area contributed by atoms with Crippen molar-refractivity contribution in [2.24, 2.45) is 0 Å². The number of hydrogen-bond donors (Lipinski definition) is 2. The second kappa shape index (κ2) is 4.29. The number of aliphatic hydroxyl groups is 1. The minimum absolute atomic E-state index is 0.0231. The van der Waals surface area contributed by atoms with Crippen molar-refractivity contribution in [3.05, 3.63) is 28.2 Å². The molecule has 1 aromatic rings. The predicted molar refractivity (Wildman–Crippen MR) is 57.5 cm³/mol. The summed E-state index contributed by atoms with van der Waals surface area (Å²) in [5, 5.41) is 12.4. The molecule has 0 aromatic heterocycles. The van der Waals surface area contributed by atoms with Gasteiger partial charge in [0.05, 0.1) is 17.1 Å². The molecule has 0 spiro atoms. The molecule has 0 saturated carbocycles. The average molecular weight is 258 g/mol. The first kappa shape index (κ1) is 9.96. The van der Waals surface area contributed by atoms with Crippen LogP contribution in [0.3, 0.4) is 0 Å². The van der Waals surface area contributed by atoms with Gasteiger partial charge < -0.3 is 15.2 Å². The monoisotopic (exact) mass is 257 g/mol. The number of fused-ring (bicyclic) bond motifs is 1. The topological polar surface area (TPSA) is 41.5 Å². The van der Waals surface area contributed by atoms with Gasteiger partial charge in [0, 0.05) is 12.1 Å². The molecule has 0 amide bonds. The van der Waals surface area contributed by atoms with Crippen LogP contribution in [0.25, 0.3) is 0 Å². The molecule has 0 radical (unpaired) electrons. The van der Waals surface area contributed by atoms with Crippen LogP contribution < -0.4 is 10.1 Å². The second-order valence-corrected chi connectivity index (χ2v) is 4.05. The Morgan fingerprint density at radius 3 is 3.21 bits per heavy atom. The van der Waals surface area contributed by atoms with E-state index in [0.717, 1.165) is 22.3 Å². The number of nitrogens with one attached hydrogen (secondary N) is 1. The lowest BCUT2D eigenvalue weighted by Gasteiger charge is -2.15. The maximum absolute atomic E-state index is 9.22. The summed E-state index contributed by atoms with van der Waals surface area (Å²) in [5.41, 5.74) is 1.01. The Hall–Kier alpha value is -0.580. The fraction of sp³-hybridized carbons (Fsp3) is 0.400. The first-order chi connectivity index (χ1) is 6.83. The molecular formula is C10H12BrNO2. The fourth-order valence-electron chi connectivity index (χ4n) is 1.61. The van der Waals surface area contributed by atoms with E-state index in [0.29, 0.717) is 6.61 Å². The second-order valence-electron chi connectivity index (χ2n) is 3.20. The summed E-state index contributed by atoms with van der Waals surface area (Å²) in [6, 6.07) is 5.84. The van der Waals surface area contributed by atoms with Crippen LogP contribution in [0.2, 0.25) is 0 Å². The van der Waals surface area contributed by atoms with Crippen LogP contribution in [-0.4, -0.2) is 24.9 Å². The molecule has 1 aromatic carbocycles. The highest BCUT2D eigenvalue weighted by Crippen LogP contribution is 2.33. The van der Waals surface area contributed by atoms with E-state index < -0.39 is 0 Å². The molecule has 0 fully saturated rings. The molecule has 3 nitrogen and oxygen atoms in total. The van der Waals surface area contributed by atoms with E-state index >= 15 is 0 Å². The molecule has 1 unspecified atom stereocenters. The van der Waals surface area contributed by atoms with Crippen molar-refractivity contribution in [2.45, 2.75) is 6.04 Å². The molecule has 4 heteroatoms. The van der Waals surface area contributed by atoms with Crippen LogP contribution in [0.4, 0.5) is 0 Å². The molecule has 0 saturated heterocycles. The van der Waals surface area contributed by atoms with Crippen LogP contribution in [0.1, 0.15) is 11.6 Å². The molecule has 1 heterocycles. The summed E-state index contributed by atoms with van der Waals surface area (Å²) in [4.78, 5) is 0. The van der Waals surface area contributed by atoms with E-state index in [9.17, 15) is 5.11 Å². The van der Waals surface area contributed by atoms with Gasteiger partial charge in [-0.15, -0.1) is 0 Å². The fourth-order valence-corrected chi connectivity index (χ4v) is 2.11. The van der Waals surface area contributed by atoms with Gasteiger partial charge in [-0.1, -0.05) is 12.1 Å². The van der Waals surface area contributed by atoms with Crippen LogP contribution >= 0.6 is 15.9 Å². The smallest absolute Gasteiger partial charge is 0.138 e. The molecular weight excluding hydrogens is 246 g/mol. The highest BCUT2D eigenvalue weighted by atomic mass is 79.9. The van der Waals surface area contributed by atoms with Crippen LogP contribution in [0.15, 0.2) is 22.7 Å². The Morgan fingerprint density at radius 1 is 1.57 bits per heavy atom. The quantitative estimate of drug-likeness (QED) is 0.801. The lowest BCUT2D eigenvalue weighted by atomic mass is 10.1. The zero-order valence-electron chi connectivity index (χ0n) is 7.66. The zero-order chi connectivity index (χ0) is 9.97. The largest absolute Gasteiger partial charge is 0.491 e. The molecule has 1 aliphatic rings. The number of hydrogen-bond acceptors (Lipinski definition) is 3. The molecule has 1 atom stereocenters. The predicted octanol–water partition coefficient (Wildman–Crippen LogP) is 1.46. The number of ether oxygens (including phenoxy) is 1. The standard InChI is InChI=1S/C10H12BrNO2/c11-8-3-1-2-7-9(6-13)12-4-5-14-10(7)8/h1-3,9,12-13H,4-6H2. The number of aliphatic hydroxyl groups excluding tert-OH is 1. The van der Waals surface area contributed by atoms with Crippen molar-refractivity contribution in [1.82, 2.24) is 5.32 Å². The Bertz CT molecular complexity index is 330. The molecule has 76 valence electrons. The maximum atomic E-state index is 9.22. The maximum Gasteiger partial charge on any atom is 0.138 e. The van der Waals surface area contributed by atoms with Gasteiger partial charge in [-0.3, -0.25) is 0 Å². The highest BCUT2D eigenvalue weighted by molar-refractivity contribution is 9.10. The summed E-state index contributed by atoms with van der Waals surface area (Å²) in [5.74, 6) is 0.844.